The third-order valence-electron chi connectivity index (χ3n) is 8.46. The molecule has 45 heavy (non-hydrogen) atoms. The van der Waals surface area contributed by atoms with Crippen LogP contribution >= 0.6 is 11.3 Å². The van der Waals surface area contributed by atoms with Gasteiger partial charge in [-0.1, -0.05) is 85.3 Å². The molecule has 0 saturated heterocycles. The van der Waals surface area contributed by atoms with E-state index in [1.54, 1.807) is 17.4 Å². The molecule has 1 N–H and O–H groups in total. The van der Waals surface area contributed by atoms with Crippen LogP contribution in [0.5, 0.6) is 5.75 Å². The molecule has 0 spiro atoms. The third-order valence-corrected chi connectivity index (χ3v) is 9.52. The van der Waals surface area contributed by atoms with Crippen molar-refractivity contribution in [1.82, 2.24) is 9.97 Å². The number of thiazole rings is 1. The molecule has 220 valence electrons. The van der Waals surface area contributed by atoms with E-state index in [1.165, 1.54) is 22.3 Å². The minimum Gasteiger partial charge on any atom is -0.507 e. The van der Waals surface area contributed by atoms with E-state index in [4.69, 9.17) is 11.3 Å². The number of para-hydroxylation sites is 2. The molecule has 0 radical (unpaired) electrons. The van der Waals surface area contributed by atoms with Crippen LogP contribution in [0.3, 0.4) is 0 Å². The summed E-state index contributed by atoms with van der Waals surface area (Å²) < 4.78 is 10.2. The van der Waals surface area contributed by atoms with Crippen LogP contribution in [-0.2, 0) is 0 Å². The standard InChI is InChI=1S/C41H34N2OS/c1-25-19-26(2)39(27(3)20-25)33-22-31(34-14-10-16-38-40(34)43-41(45-38)35-13-8-9-15-37(35)44)21-32(23-33)36-18-17-30(24-42-36)28(4)29-11-6-5-7-12-29/h5-24,28,44H,1-4H3/i28D. The predicted molar refractivity (Wildman–Crippen MR) is 189 cm³/mol. The number of fused-ring (bicyclic) bond motifs is 1. The second-order valence-electron chi connectivity index (χ2n) is 11.7. The van der Waals surface area contributed by atoms with Crippen molar-refractivity contribution >= 4 is 21.6 Å². The number of aryl methyl sites for hydroxylation is 3. The van der Waals surface area contributed by atoms with Gasteiger partial charge in [0.2, 0.25) is 0 Å². The molecule has 1 atom stereocenters. The molecule has 4 heteroatoms. The molecule has 7 rings (SSSR count). The molecule has 0 amide bonds. The average molecular weight is 604 g/mol. The number of aromatic hydroxyl groups is 1. The second kappa shape index (κ2) is 11.8. The predicted octanol–water partition coefficient (Wildman–Crippen LogP) is 11.1. The molecule has 0 saturated carbocycles. The Kier molecular flexibility index (Phi) is 7.20. The van der Waals surface area contributed by atoms with Gasteiger partial charge in [-0.05, 0) is 102 Å². The molecule has 0 fully saturated rings. The molecule has 0 bridgehead atoms. The first-order valence-electron chi connectivity index (χ1n) is 15.6. The van der Waals surface area contributed by atoms with Crippen molar-refractivity contribution in [2.75, 3.05) is 0 Å². The second-order valence-corrected chi connectivity index (χ2v) is 12.7. The van der Waals surface area contributed by atoms with Gasteiger partial charge in [0.1, 0.15) is 10.8 Å². The fraction of sp³-hybridized carbons (Fsp3) is 0.122. The van der Waals surface area contributed by atoms with Crippen molar-refractivity contribution in [3.63, 3.8) is 0 Å². The number of aromatic nitrogens is 2. The monoisotopic (exact) mass is 603 g/mol. The fourth-order valence-corrected chi connectivity index (χ4v) is 7.33. The number of nitrogens with zero attached hydrogens (tertiary/aromatic N) is 2. The molecule has 2 heterocycles. The van der Waals surface area contributed by atoms with E-state index in [9.17, 15) is 5.11 Å². The van der Waals surface area contributed by atoms with E-state index in [1.807, 2.05) is 73.8 Å². The van der Waals surface area contributed by atoms with Crippen LogP contribution < -0.4 is 0 Å². The molecular formula is C41H34N2OS. The number of hydrogen-bond donors (Lipinski definition) is 1. The van der Waals surface area contributed by atoms with Crippen LogP contribution in [0, 0.1) is 20.8 Å². The first kappa shape index (κ1) is 27.5. The largest absolute Gasteiger partial charge is 0.507 e. The molecule has 3 nitrogen and oxygen atoms in total. The summed E-state index contributed by atoms with van der Waals surface area (Å²) in [6.07, 6.45) is 1.84. The zero-order valence-electron chi connectivity index (χ0n) is 26.8. The zero-order valence-corrected chi connectivity index (χ0v) is 26.6. The fourth-order valence-electron chi connectivity index (χ4n) is 6.30. The maximum atomic E-state index is 10.6. The van der Waals surface area contributed by atoms with Gasteiger partial charge in [-0.2, -0.15) is 0 Å². The summed E-state index contributed by atoms with van der Waals surface area (Å²) in [6, 6.07) is 38.7. The number of hydrogen-bond acceptors (Lipinski definition) is 4. The Morgan fingerprint density at radius 3 is 2.11 bits per heavy atom. The summed E-state index contributed by atoms with van der Waals surface area (Å²) in [7, 11) is 0. The zero-order chi connectivity index (χ0) is 32.0. The summed E-state index contributed by atoms with van der Waals surface area (Å²) in [5.74, 6) is -0.690. The lowest BCUT2D eigenvalue weighted by Crippen LogP contribution is -1.97. The molecule has 7 aromatic rings. The summed E-state index contributed by atoms with van der Waals surface area (Å²) in [6.45, 7) is 8.40. The molecular weight excluding hydrogens is 569 g/mol. The lowest BCUT2D eigenvalue weighted by molar-refractivity contribution is 0.477. The lowest BCUT2D eigenvalue weighted by atomic mass is 9.89. The van der Waals surface area contributed by atoms with Crippen molar-refractivity contribution in [3.05, 3.63) is 149 Å². The molecule has 0 aliphatic heterocycles. The van der Waals surface area contributed by atoms with E-state index < -0.39 is 5.89 Å². The van der Waals surface area contributed by atoms with Crippen molar-refractivity contribution in [1.29, 1.82) is 0 Å². The van der Waals surface area contributed by atoms with Crippen molar-refractivity contribution in [3.8, 4) is 49.8 Å². The Morgan fingerprint density at radius 1 is 0.689 bits per heavy atom. The van der Waals surface area contributed by atoms with Crippen LogP contribution in [0.1, 0.15) is 42.0 Å². The van der Waals surface area contributed by atoms with Crippen LogP contribution in [0.2, 0.25) is 0 Å². The van der Waals surface area contributed by atoms with Gasteiger partial charge in [-0.25, -0.2) is 4.98 Å². The summed E-state index contributed by atoms with van der Waals surface area (Å²) in [5.41, 5.74) is 13.4. The average Bonchev–Trinajstić information content (AvgIpc) is 3.49. The highest BCUT2D eigenvalue weighted by molar-refractivity contribution is 7.21. The maximum absolute atomic E-state index is 10.6. The van der Waals surface area contributed by atoms with E-state index in [0.29, 0.717) is 0 Å². The molecule has 0 aliphatic carbocycles. The quantitative estimate of drug-likeness (QED) is 0.206. The van der Waals surface area contributed by atoms with Gasteiger partial charge in [-0.3, -0.25) is 4.98 Å². The SMILES string of the molecule is [2H]C(C)(c1ccccc1)c1ccc(-c2cc(-c3c(C)cc(C)cc3C)cc(-c3cccc4sc(-c5ccccc5O)nc34)c2)nc1. The summed E-state index contributed by atoms with van der Waals surface area (Å²) >= 11 is 1.58. The molecule has 5 aromatic carbocycles. The highest BCUT2D eigenvalue weighted by Crippen LogP contribution is 2.41. The normalized spacial score (nSPS) is 13.0. The van der Waals surface area contributed by atoms with Gasteiger partial charge in [0.15, 0.2) is 0 Å². The highest BCUT2D eigenvalue weighted by atomic mass is 32.1. The smallest absolute Gasteiger partial charge is 0.128 e. The first-order chi connectivity index (χ1) is 22.2. The molecule has 2 aromatic heterocycles. The minimum atomic E-state index is -0.916. The Balaban J connectivity index is 1.39. The van der Waals surface area contributed by atoms with Gasteiger partial charge in [0.05, 0.1) is 21.5 Å². The van der Waals surface area contributed by atoms with Gasteiger partial charge < -0.3 is 5.11 Å². The number of phenols is 1. The number of benzene rings is 5. The van der Waals surface area contributed by atoms with Crippen LogP contribution in [-0.4, -0.2) is 15.1 Å². The highest BCUT2D eigenvalue weighted by Gasteiger charge is 2.17. The van der Waals surface area contributed by atoms with Crippen LogP contribution in [0.15, 0.2) is 121 Å². The Hall–Kier alpha value is -5.06. The third kappa shape index (κ3) is 5.54. The Bertz CT molecular complexity index is 2200. The van der Waals surface area contributed by atoms with E-state index >= 15 is 0 Å². The van der Waals surface area contributed by atoms with Gasteiger partial charge >= 0.3 is 0 Å². The summed E-state index contributed by atoms with van der Waals surface area (Å²) in [5, 5.41) is 11.3. The first-order valence-corrected chi connectivity index (χ1v) is 15.9. The van der Waals surface area contributed by atoms with Gasteiger partial charge in [0.25, 0.3) is 0 Å². The number of rotatable bonds is 6. The van der Waals surface area contributed by atoms with Crippen molar-refractivity contribution in [2.45, 2.75) is 33.6 Å². The summed E-state index contributed by atoms with van der Waals surface area (Å²) in [4.78, 5) is 9.98. The van der Waals surface area contributed by atoms with Gasteiger partial charge in [0, 0.05) is 24.6 Å². The molecule has 1 unspecified atom stereocenters. The number of phenolic OH excluding ortho intramolecular Hbond substituents is 1. The van der Waals surface area contributed by atoms with Gasteiger partial charge in [-0.15, -0.1) is 11.3 Å². The van der Waals surface area contributed by atoms with Crippen LogP contribution in [0.25, 0.3) is 54.3 Å². The molecule has 0 aliphatic rings. The Labute approximate surface area is 270 Å². The Morgan fingerprint density at radius 2 is 1.38 bits per heavy atom. The van der Waals surface area contributed by atoms with E-state index in [-0.39, 0.29) is 5.75 Å². The minimum absolute atomic E-state index is 0.225. The topological polar surface area (TPSA) is 46.0 Å². The van der Waals surface area contributed by atoms with E-state index in [2.05, 4.69) is 69.3 Å². The van der Waals surface area contributed by atoms with E-state index in [0.717, 1.165) is 59.9 Å². The number of pyridine rings is 1. The lowest BCUT2D eigenvalue weighted by Gasteiger charge is -2.16. The van der Waals surface area contributed by atoms with Crippen LogP contribution in [0.4, 0.5) is 0 Å². The van der Waals surface area contributed by atoms with Crippen molar-refractivity contribution in [2.24, 2.45) is 0 Å². The van der Waals surface area contributed by atoms with Crippen molar-refractivity contribution < 1.29 is 6.48 Å². The maximum Gasteiger partial charge on any atom is 0.128 e.